The van der Waals surface area contributed by atoms with Crippen molar-refractivity contribution in [3.05, 3.63) is 71.8 Å². The minimum atomic E-state index is 0.120. The molecule has 0 aromatic heterocycles. The minimum absolute atomic E-state index is 0.120. The van der Waals surface area contributed by atoms with Crippen LogP contribution in [-0.2, 0) is 5.41 Å². The molecule has 0 aliphatic carbocycles. The lowest BCUT2D eigenvalue weighted by Crippen LogP contribution is -2.14. The van der Waals surface area contributed by atoms with Crippen LogP contribution >= 0.6 is 0 Å². The highest BCUT2D eigenvalue weighted by molar-refractivity contribution is 6.21. The number of fused-ring (bicyclic) bond motifs is 5. The lowest BCUT2D eigenvalue weighted by molar-refractivity contribution is 0.592. The Morgan fingerprint density at radius 1 is 0.609 bits per heavy atom. The molecule has 0 fully saturated rings. The van der Waals surface area contributed by atoms with Crippen LogP contribution in [0.1, 0.15) is 31.9 Å². The zero-order valence-electron chi connectivity index (χ0n) is 14.3. The Labute approximate surface area is 137 Å². The van der Waals surface area contributed by atoms with Crippen molar-refractivity contribution in [3.63, 3.8) is 0 Å². The predicted molar refractivity (Wildman–Crippen MR) is 102 cm³/mol. The number of benzene rings is 4. The van der Waals surface area contributed by atoms with Gasteiger partial charge in [-0.1, -0.05) is 81.4 Å². The van der Waals surface area contributed by atoms with Crippen LogP contribution in [0, 0.1) is 6.92 Å². The molecule has 0 heterocycles. The standard InChI is InChI=1S/C23H22/c1-15-9-10-18-14-13-17-12-11-16-7-5-6-8-19(16)20(17)21(18)22(15)23(2,3)4/h5-14H,1-4H3. The second-order valence-corrected chi connectivity index (χ2v) is 7.56. The molecule has 0 saturated carbocycles. The van der Waals surface area contributed by atoms with Crippen molar-refractivity contribution >= 4 is 32.3 Å². The molecule has 0 heteroatoms. The number of rotatable bonds is 0. The van der Waals surface area contributed by atoms with Gasteiger partial charge in [0.15, 0.2) is 0 Å². The molecule has 0 aliphatic rings. The first-order valence-corrected chi connectivity index (χ1v) is 8.31. The summed E-state index contributed by atoms with van der Waals surface area (Å²) < 4.78 is 0. The second kappa shape index (κ2) is 4.83. The van der Waals surface area contributed by atoms with Crippen molar-refractivity contribution in [2.45, 2.75) is 33.1 Å². The monoisotopic (exact) mass is 298 g/mol. The fraction of sp³-hybridized carbons (Fsp3) is 0.217. The third kappa shape index (κ3) is 2.13. The second-order valence-electron chi connectivity index (χ2n) is 7.56. The molecule has 0 N–H and O–H groups in total. The van der Waals surface area contributed by atoms with Gasteiger partial charge < -0.3 is 0 Å². The molecule has 23 heavy (non-hydrogen) atoms. The van der Waals surface area contributed by atoms with Gasteiger partial charge in [0.25, 0.3) is 0 Å². The van der Waals surface area contributed by atoms with E-state index in [-0.39, 0.29) is 5.41 Å². The molecule has 0 amide bonds. The van der Waals surface area contributed by atoms with Crippen LogP contribution in [0.25, 0.3) is 32.3 Å². The Balaban J connectivity index is 2.37. The molecule has 4 aromatic rings. The van der Waals surface area contributed by atoms with E-state index in [4.69, 9.17) is 0 Å². The number of hydrogen-bond donors (Lipinski definition) is 0. The molecule has 0 atom stereocenters. The van der Waals surface area contributed by atoms with E-state index in [2.05, 4.69) is 88.4 Å². The summed E-state index contributed by atoms with van der Waals surface area (Å²) in [7, 11) is 0. The highest BCUT2D eigenvalue weighted by atomic mass is 14.2. The highest BCUT2D eigenvalue weighted by Gasteiger charge is 2.21. The molecule has 0 aliphatic heterocycles. The summed E-state index contributed by atoms with van der Waals surface area (Å²) in [5, 5.41) is 8.15. The average Bonchev–Trinajstić information content (AvgIpc) is 2.52. The minimum Gasteiger partial charge on any atom is -0.0616 e. The maximum Gasteiger partial charge on any atom is -0.00237 e. The zero-order valence-corrected chi connectivity index (χ0v) is 14.3. The predicted octanol–water partition coefficient (Wildman–Crippen LogP) is 6.75. The van der Waals surface area contributed by atoms with Crippen LogP contribution in [0.2, 0.25) is 0 Å². The Morgan fingerprint density at radius 2 is 1.17 bits per heavy atom. The van der Waals surface area contributed by atoms with Crippen LogP contribution < -0.4 is 0 Å². The van der Waals surface area contributed by atoms with Gasteiger partial charge in [-0.05, 0) is 55.8 Å². The topological polar surface area (TPSA) is 0 Å². The molecule has 0 saturated heterocycles. The summed E-state index contributed by atoms with van der Waals surface area (Å²) in [5.41, 5.74) is 2.97. The first-order chi connectivity index (χ1) is 11.0. The lowest BCUT2D eigenvalue weighted by Gasteiger charge is -2.25. The fourth-order valence-corrected chi connectivity index (χ4v) is 3.98. The fourth-order valence-electron chi connectivity index (χ4n) is 3.98. The lowest BCUT2D eigenvalue weighted by atomic mass is 9.79. The molecule has 4 aromatic carbocycles. The Hall–Kier alpha value is -2.34. The third-order valence-electron chi connectivity index (χ3n) is 4.85. The van der Waals surface area contributed by atoms with E-state index >= 15 is 0 Å². The van der Waals surface area contributed by atoms with E-state index in [9.17, 15) is 0 Å². The van der Waals surface area contributed by atoms with Gasteiger partial charge >= 0.3 is 0 Å². The first-order valence-electron chi connectivity index (χ1n) is 8.31. The summed E-state index contributed by atoms with van der Waals surface area (Å²) >= 11 is 0. The Morgan fingerprint density at radius 3 is 1.87 bits per heavy atom. The summed E-state index contributed by atoms with van der Waals surface area (Å²) in [6.07, 6.45) is 0. The van der Waals surface area contributed by atoms with Gasteiger partial charge in [0.1, 0.15) is 0 Å². The molecule has 4 rings (SSSR count). The van der Waals surface area contributed by atoms with Gasteiger partial charge in [-0.3, -0.25) is 0 Å². The van der Waals surface area contributed by atoms with Gasteiger partial charge in [-0.15, -0.1) is 0 Å². The summed E-state index contributed by atoms with van der Waals surface area (Å²) in [4.78, 5) is 0. The van der Waals surface area contributed by atoms with Crippen LogP contribution in [-0.4, -0.2) is 0 Å². The Bertz CT molecular complexity index is 1040. The van der Waals surface area contributed by atoms with E-state index < -0.39 is 0 Å². The van der Waals surface area contributed by atoms with Crippen molar-refractivity contribution in [2.24, 2.45) is 0 Å². The number of aryl methyl sites for hydroxylation is 1. The van der Waals surface area contributed by atoms with Crippen LogP contribution in [0.5, 0.6) is 0 Å². The SMILES string of the molecule is Cc1ccc2ccc3ccc4ccccc4c3c2c1C(C)(C)C. The number of hydrogen-bond acceptors (Lipinski definition) is 0. The molecule has 0 spiro atoms. The Kier molecular flexibility index (Phi) is 2.99. The van der Waals surface area contributed by atoms with Crippen molar-refractivity contribution in [1.82, 2.24) is 0 Å². The van der Waals surface area contributed by atoms with Crippen LogP contribution in [0.15, 0.2) is 60.7 Å². The van der Waals surface area contributed by atoms with Gasteiger partial charge in [-0.25, -0.2) is 0 Å². The van der Waals surface area contributed by atoms with Crippen molar-refractivity contribution in [1.29, 1.82) is 0 Å². The average molecular weight is 298 g/mol. The van der Waals surface area contributed by atoms with Crippen LogP contribution in [0.4, 0.5) is 0 Å². The quantitative estimate of drug-likeness (QED) is 0.315. The van der Waals surface area contributed by atoms with Gasteiger partial charge in [-0.2, -0.15) is 0 Å². The van der Waals surface area contributed by atoms with E-state index in [0.717, 1.165) is 0 Å². The van der Waals surface area contributed by atoms with E-state index in [1.807, 2.05) is 0 Å². The molecule has 114 valence electrons. The van der Waals surface area contributed by atoms with E-state index in [1.165, 1.54) is 43.4 Å². The van der Waals surface area contributed by atoms with Gasteiger partial charge in [0, 0.05) is 0 Å². The summed E-state index contributed by atoms with van der Waals surface area (Å²) in [5.74, 6) is 0. The van der Waals surface area contributed by atoms with Gasteiger partial charge in [0.2, 0.25) is 0 Å². The molecule has 0 radical (unpaired) electrons. The molecule has 0 nitrogen and oxygen atoms in total. The smallest absolute Gasteiger partial charge is 0.00237 e. The third-order valence-corrected chi connectivity index (χ3v) is 4.85. The normalized spacial score (nSPS) is 12.3. The van der Waals surface area contributed by atoms with Crippen molar-refractivity contribution in [3.8, 4) is 0 Å². The maximum atomic E-state index is 2.32. The van der Waals surface area contributed by atoms with Crippen molar-refractivity contribution < 1.29 is 0 Å². The zero-order chi connectivity index (χ0) is 16.2. The first kappa shape index (κ1) is 14.3. The van der Waals surface area contributed by atoms with E-state index in [0.29, 0.717) is 0 Å². The van der Waals surface area contributed by atoms with E-state index in [1.54, 1.807) is 0 Å². The largest absolute Gasteiger partial charge is 0.0616 e. The van der Waals surface area contributed by atoms with Gasteiger partial charge in [0.05, 0.1) is 0 Å². The molecule has 0 bridgehead atoms. The van der Waals surface area contributed by atoms with Crippen LogP contribution in [0.3, 0.4) is 0 Å². The molecule has 0 unspecified atom stereocenters. The maximum absolute atomic E-state index is 2.32. The summed E-state index contributed by atoms with van der Waals surface area (Å²) in [6, 6.07) is 22.3. The highest BCUT2D eigenvalue weighted by Crippen LogP contribution is 2.39. The molecular formula is C23H22. The summed E-state index contributed by atoms with van der Waals surface area (Å²) in [6.45, 7) is 9.19. The molecular weight excluding hydrogens is 276 g/mol. The van der Waals surface area contributed by atoms with Crippen molar-refractivity contribution in [2.75, 3.05) is 0 Å².